The maximum atomic E-state index is 12.4. The van der Waals surface area contributed by atoms with E-state index in [0.717, 1.165) is 5.52 Å². The number of aromatic amines is 1. The molecule has 0 radical (unpaired) electrons. The summed E-state index contributed by atoms with van der Waals surface area (Å²) in [6, 6.07) is 7.29. The number of likely N-dealkylation sites (tertiary alicyclic amines) is 1. The molecule has 1 fully saturated rings. The normalized spacial score (nSPS) is 16.0. The van der Waals surface area contributed by atoms with Gasteiger partial charge < -0.3 is 14.6 Å². The number of hydrogen-bond donors (Lipinski definition) is 1. The lowest BCUT2D eigenvalue weighted by molar-refractivity contribution is 0.0189. The van der Waals surface area contributed by atoms with E-state index < -0.39 is 5.60 Å². The van der Waals surface area contributed by atoms with E-state index in [0.29, 0.717) is 37.0 Å². The third-order valence-electron chi connectivity index (χ3n) is 4.33. The number of nitriles is 1. The number of nitrogens with zero attached hydrogens (tertiary/aromatic N) is 3. The Bertz CT molecular complexity index is 890. The van der Waals surface area contributed by atoms with Crippen molar-refractivity contribution in [2.45, 2.75) is 45.3 Å². The molecule has 0 spiro atoms. The lowest BCUT2D eigenvalue weighted by Crippen LogP contribution is -2.43. The van der Waals surface area contributed by atoms with Crippen LogP contribution in [0.2, 0.25) is 0 Å². The number of piperidine rings is 1. The van der Waals surface area contributed by atoms with Gasteiger partial charge in [-0.1, -0.05) is 0 Å². The minimum Gasteiger partial charge on any atom is -0.444 e. The second kappa shape index (κ2) is 6.28. The molecule has 1 aliphatic heterocycles. The number of carbonyl (C=O) groups excluding carboxylic acids is 1. The second-order valence-electron chi connectivity index (χ2n) is 7.34. The molecule has 0 atom stereocenters. The molecule has 0 aliphatic carbocycles. The van der Waals surface area contributed by atoms with Gasteiger partial charge in [0.25, 0.3) is 0 Å². The van der Waals surface area contributed by atoms with Crippen molar-refractivity contribution in [1.29, 1.82) is 5.26 Å². The van der Waals surface area contributed by atoms with Crippen LogP contribution < -0.4 is 5.69 Å². The highest BCUT2D eigenvalue weighted by Gasteiger charge is 2.28. The number of fused-ring (bicyclic) bond motifs is 1. The van der Waals surface area contributed by atoms with E-state index in [2.05, 4.69) is 11.1 Å². The fraction of sp³-hybridized carbons (Fsp3) is 0.500. The van der Waals surface area contributed by atoms with Gasteiger partial charge in [0, 0.05) is 19.1 Å². The summed E-state index contributed by atoms with van der Waals surface area (Å²) >= 11 is 0. The number of aromatic nitrogens is 2. The molecule has 132 valence electrons. The zero-order chi connectivity index (χ0) is 18.2. The van der Waals surface area contributed by atoms with E-state index in [1.807, 2.05) is 20.8 Å². The zero-order valence-electron chi connectivity index (χ0n) is 14.7. The molecule has 1 saturated heterocycles. The maximum absolute atomic E-state index is 12.4. The van der Waals surface area contributed by atoms with Gasteiger partial charge in [0.15, 0.2) is 0 Å². The van der Waals surface area contributed by atoms with Gasteiger partial charge in [-0.25, -0.2) is 9.59 Å². The largest absolute Gasteiger partial charge is 0.444 e. The van der Waals surface area contributed by atoms with Crippen molar-refractivity contribution in [2.24, 2.45) is 0 Å². The Balaban J connectivity index is 1.77. The van der Waals surface area contributed by atoms with Crippen molar-refractivity contribution >= 4 is 17.1 Å². The van der Waals surface area contributed by atoms with Crippen LogP contribution in [0.15, 0.2) is 23.0 Å². The molecule has 7 heteroatoms. The topological polar surface area (TPSA) is 91.1 Å². The number of ether oxygens (including phenoxy) is 1. The smallest absolute Gasteiger partial charge is 0.410 e. The van der Waals surface area contributed by atoms with Crippen LogP contribution in [0.3, 0.4) is 0 Å². The van der Waals surface area contributed by atoms with Gasteiger partial charge in [0.1, 0.15) is 5.60 Å². The van der Waals surface area contributed by atoms with Gasteiger partial charge in [0.2, 0.25) is 0 Å². The van der Waals surface area contributed by atoms with Gasteiger partial charge in [0.05, 0.1) is 22.7 Å². The van der Waals surface area contributed by atoms with Crippen LogP contribution in [0.5, 0.6) is 0 Å². The van der Waals surface area contributed by atoms with Gasteiger partial charge in [-0.05, 0) is 51.8 Å². The van der Waals surface area contributed by atoms with Crippen LogP contribution in [0.1, 0.15) is 45.2 Å². The molecule has 1 N–H and O–H groups in total. The number of carbonyl (C=O) groups is 1. The molecule has 3 rings (SSSR count). The molecule has 0 saturated carbocycles. The number of rotatable bonds is 1. The van der Waals surface area contributed by atoms with Crippen LogP contribution >= 0.6 is 0 Å². The number of H-pyrrole nitrogens is 1. The lowest BCUT2D eigenvalue weighted by atomic mass is 10.0. The highest BCUT2D eigenvalue weighted by molar-refractivity contribution is 5.77. The SMILES string of the molecule is CC(C)(C)OC(=O)N1CCC(n2c(=O)[nH]c3cc(C#N)ccc32)CC1. The van der Waals surface area contributed by atoms with Gasteiger partial charge in [-0.15, -0.1) is 0 Å². The highest BCUT2D eigenvalue weighted by atomic mass is 16.6. The van der Waals surface area contributed by atoms with Crippen LogP contribution in [-0.2, 0) is 4.74 Å². The van der Waals surface area contributed by atoms with Crippen molar-refractivity contribution < 1.29 is 9.53 Å². The highest BCUT2D eigenvalue weighted by Crippen LogP contribution is 2.26. The summed E-state index contributed by atoms with van der Waals surface area (Å²) in [5.74, 6) is 0. The molecule has 1 aromatic carbocycles. The van der Waals surface area contributed by atoms with Crippen molar-refractivity contribution in [3.8, 4) is 6.07 Å². The van der Waals surface area contributed by atoms with Crippen molar-refractivity contribution in [1.82, 2.24) is 14.5 Å². The molecule has 0 unspecified atom stereocenters. The first kappa shape index (κ1) is 17.1. The van der Waals surface area contributed by atoms with Gasteiger partial charge in [-0.2, -0.15) is 5.26 Å². The molecule has 1 aromatic heterocycles. The molecule has 25 heavy (non-hydrogen) atoms. The first-order valence-corrected chi connectivity index (χ1v) is 8.41. The second-order valence-corrected chi connectivity index (χ2v) is 7.34. The van der Waals surface area contributed by atoms with E-state index in [1.165, 1.54) is 0 Å². The first-order valence-electron chi connectivity index (χ1n) is 8.41. The van der Waals surface area contributed by atoms with Crippen LogP contribution in [0.25, 0.3) is 11.0 Å². The third kappa shape index (κ3) is 3.53. The Morgan fingerprint density at radius 1 is 1.32 bits per heavy atom. The van der Waals surface area contributed by atoms with Gasteiger partial charge in [-0.3, -0.25) is 4.57 Å². The van der Waals surface area contributed by atoms with E-state index in [9.17, 15) is 9.59 Å². The summed E-state index contributed by atoms with van der Waals surface area (Å²) in [7, 11) is 0. The van der Waals surface area contributed by atoms with E-state index in [-0.39, 0.29) is 17.8 Å². The maximum Gasteiger partial charge on any atom is 0.410 e. The van der Waals surface area contributed by atoms with Crippen molar-refractivity contribution in [3.63, 3.8) is 0 Å². The van der Waals surface area contributed by atoms with Crippen LogP contribution in [0, 0.1) is 11.3 Å². The average Bonchev–Trinajstić information content (AvgIpc) is 2.88. The predicted molar refractivity (Wildman–Crippen MR) is 93.4 cm³/mol. The fourth-order valence-corrected chi connectivity index (χ4v) is 3.20. The molecule has 2 heterocycles. The molecular formula is C18H22N4O3. The number of nitrogens with one attached hydrogen (secondary N) is 1. The van der Waals surface area contributed by atoms with Crippen molar-refractivity contribution in [2.75, 3.05) is 13.1 Å². The Labute approximate surface area is 145 Å². The molecule has 1 amide bonds. The number of imidazole rings is 1. The predicted octanol–water partition coefficient (Wildman–Crippen LogP) is 2.77. The number of amides is 1. The van der Waals surface area contributed by atoms with Crippen LogP contribution in [-0.4, -0.2) is 39.2 Å². The molecule has 7 nitrogen and oxygen atoms in total. The minimum atomic E-state index is -0.514. The quantitative estimate of drug-likeness (QED) is 0.862. The summed E-state index contributed by atoms with van der Waals surface area (Å²) < 4.78 is 7.14. The Hall–Kier alpha value is -2.75. The zero-order valence-corrected chi connectivity index (χ0v) is 14.7. The third-order valence-corrected chi connectivity index (χ3v) is 4.33. The Morgan fingerprint density at radius 3 is 2.60 bits per heavy atom. The number of benzene rings is 1. The summed E-state index contributed by atoms with van der Waals surface area (Å²) in [5.41, 5.74) is 1.28. The molecule has 1 aliphatic rings. The summed E-state index contributed by atoms with van der Waals surface area (Å²) in [6.07, 6.45) is 1.06. The summed E-state index contributed by atoms with van der Waals surface area (Å²) in [5, 5.41) is 8.99. The Morgan fingerprint density at radius 2 is 2.00 bits per heavy atom. The minimum absolute atomic E-state index is 0.0212. The van der Waals surface area contributed by atoms with E-state index >= 15 is 0 Å². The van der Waals surface area contributed by atoms with Crippen molar-refractivity contribution in [3.05, 3.63) is 34.2 Å². The standard InChI is InChI=1S/C18H22N4O3/c1-18(2,3)25-17(24)21-8-6-13(7-9-21)22-15-5-4-12(11-19)10-14(15)20-16(22)23/h4-5,10,13H,6-9H2,1-3H3,(H,20,23). The first-order chi connectivity index (χ1) is 11.8. The summed E-state index contributed by atoms with van der Waals surface area (Å²) in [4.78, 5) is 29.0. The number of hydrogen-bond acceptors (Lipinski definition) is 4. The monoisotopic (exact) mass is 342 g/mol. The van der Waals surface area contributed by atoms with Crippen LogP contribution in [0.4, 0.5) is 4.79 Å². The summed E-state index contributed by atoms with van der Waals surface area (Å²) in [6.45, 7) is 6.64. The average molecular weight is 342 g/mol. The lowest BCUT2D eigenvalue weighted by Gasteiger charge is -2.33. The van der Waals surface area contributed by atoms with Gasteiger partial charge >= 0.3 is 11.8 Å². The molecule has 0 bridgehead atoms. The Kier molecular flexibility index (Phi) is 4.29. The molecular weight excluding hydrogens is 320 g/mol. The van der Waals surface area contributed by atoms with E-state index in [1.54, 1.807) is 27.7 Å². The van der Waals surface area contributed by atoms with E-state index in [4.69, 9.17) is 10.00 Å². The molecule has 2 aromatic rings. The fourth-order valence-electron chi connectivity index (χ4n) is 3.20.